The third-order valence-corrected chi connectivity index (χ3v) is 6.15. The molecule has 2 aromatic rings. The molecule has 1 N–H and O–H groups in total. The molecule has 6 heteroatoms. The predicted octanol–water partition coefficient (Wildman–Crippen LogP) is 5.39. The molecule has 136 valence electrons. The minimum atomic E-state index is -0.231. The van der Waals surface area contributed by atoms with Gasteiger partial charge in [0.05, 0.1) is 10.0 Å². The number of piperidine rings is 1. The molecule has 26 heavy (non-hydrogen) atoms. The lowest BCUT2D eigenvalue weighted by Crippen LogP contribution is -2.46. The monoisotopic (exact) mass is 393 g/mol. The number of amides is 1. The van der Waals surface area contributed by atoms with E-state index in [9.17, 15) is 14.3 Å². The molecule has 3 nitrogen and oxygen atoms in total. The summed E-state index contributed by atoms with van der Waals surface area (Å²) in [4.78, 5) is 15.0. The SMILES string of the molecule is O=C(c1cc(Cl)c(O)c(Cl)c1)N1[C@@H]2CC[C@H]1CC(c1ccc(F)cc1)C2. The Morgan fingerprint density at radius 1 is 1.04 bits per heavy atom. The van der Waals surface area contributed by atoms with Gasteiger partial charge in [0.2, 0.25) is 0 Å². The van der Waals surface area contributed by atoms with Crippen molar-refractivity contribution in [3.8, 4) is 5.75 Å². The topological polar surface area (TPSA) is 40.5 Å². The van der Waals surface area contributed by atoms with Crippen molar-refractivity contribution >= 4 is 29.1 Å². The second-order valence-corrected chi connectivity index (χ2v) is 7.92. The van der Waals surface area contributed by atoms with Crippen molar-refractivity contribution in [3.63, 3.8) is 0 Å². The van der Waals surface area contributed by atoms with E-state index < -0.39 is 0 Å². The van der Waals surface area contributed by atoms with E-state index in [0.717, 1.165) is 31.2 Å². The van der Waals surface area contributed by atoms with Crippen molar-refractivity contribution in [1.82, 2.24) is 4.90 Å². The number of aromatic hydroxyl groups is 1. The molecule has 2 aliphatic rings. The molecular formula is C20H18Cl2FNO2. The van der Waals surface area contributed by atoms with E-state index in [1.807, 2.05) is 17.0 Å². The van der Waals surface area contributed by atoms with Crippen LogP contribution in [0.3, 0.4) is 0 Å². The fourth-order valence-electron chi connectivity index (χ4n) is 4.35. The third-order valence-electron chi connectivity index (χ3n) is 5.57. The van der Waals surface area contributed by atoms with Gasteiger partial charge in [-0.2, -0.15) is 0 Å². The molecule has 0 saturated carbocycles. The predicted molar refractivity (Wildman–Crippen MR) is 99.5 cm³/mol. The summed E-state index contributed by atoms with van der Waals surface area (Å²) in [5.74, 6) is -0.198. The second-order valence-electron chi connectivity index (χ2n) is 7.11. The number of benzene rings is 2. The highest BCUT2D eigenvalue weighted by Gasteiger charge is 2.43. The number of phenolic OH excluding ortho intramolecular Hbond substituents is 1. The third kappa shape index (κ3) is 3.06. The highest BCUT2D eigenvalue weighted by Crippen LogP contribution is 2.44. The molecule has 3 atom stereocenters. The van der Waals surface area contributed by atoms with E-state index in [1.165, 1.54) is 24.3 Å². The maximum Gasteiger partial charge on any atom is 0.254 e. The summed E-state index contributed by atoms with van der Waals surface area (Å²) in [5, 5.41) is 9.86. The second kappa shape index (κ2) is 6.75. The van der Waals surface area contributed by atoms with E-state index in [2.05, 4.69) is 0 Å². The molecule has 1 unspecified atom stereocenters. The fourth-order valence-corrected chi connectivity index (χ4v) is 4.84. The average Bonchev–Trinajstić information content (AvgIpc) is 2.88. The minimum Gasteiger partial charge on any atom is -0.505 e. The van der Waals surface area contributed by atoms with Gasteiger partial charge in [0.1, 0.15) is 5.82 Å². The maximum atomic E-state index is 13.2. The average molecular weight is 394 g/mol. The number of carbonyl (C=O) groups excluding carboxylic acids is 1. The Bertz CT molecular complexity index is 818. The van der Waals surface area contributed by atoms with Crippen LogP contribution in [0.15, 0.2) is 36.4 Å². The lowest BCUT2D eigenvalue weighted by molar-refractivity contribution is 0.0571. The maximum absolute atomic E-state index is 13.2. The van der Waals surface area contributed by atoms with Crippen molar-refractivity contribution in [2.75, 3.05) is 0 Å². The molecule has 2 heterocycles. The standard InChI is InChI=1S/C20H18Cl2FNO2/c21-17-9-13(10-18(22)19(17)25)20(26)24-15-5-6-16(24)8-12(7-15)11-1-3-14(23)4-2-11/h1-4,9-10,12,15-16,25H,5-8H2/t12?,15-,16+. The van der Waals surface area contributed by atoms with E-state index in [4.69, 9.17) is 23.2 Å². The van der Waals surface area contributed by atoms with Crippen molar-refractivity contribution in [1.29, 1.82) is 0 Å². The summed E-state index contributed by atoms with van der Waals surface area (Å²) >= 11 is 11.9. The van der Waals surface area contributed by atoms with Gasteiger partial charge in [-0.3, -0.25) is 4.79 Å². The van der Waals surface area contributed by atoms with Crippen LogP contribution in [0.2, 0.25) is 10.0 Å². The molecule has 2 bridgehead atoms. The largest absolute Gasteiger partial charge is 0.505 e. The van der Waals surface area contributed by atoms with E-state index in [0.29, 0.717) is 11.5 Å². The molecule has 0 aromatic heterocycles. The van der Waals surface area contributed by atoms with Gasteiger partial charge in [-0.15, -0.1) is 0 Å². The van der Waals surface area contributed by atoms with Crippen LogP contribution in [0.25, 0.3) is 0 Å². The number of rotatable bonds is 2. The number of nitrogens with zero attached hydrogens (tertiary/aromatic N) is 1. The molecule has 2 aliphatic heterocycles. The zero-order valence-corrected chi connectivity index (χ0v) is 15.5. The smallest absolute Gasteiger partial charge is 0.254 e. The first-order chi connectivity index (χ1) is 12.4. The molecule has 2 aromatic carbocycles. The van der Waals surface area contributed by atoms with Crippen LogP contribution < -0.4 is 0 Å². The quantitative estimate of drug-likeness (QED) is 0.742. The Hall–Kier alpha value is -1.78. The number of hydrogen-bond acceptors (Lipinski definition) is 2. The van der Waals surface area contributed by atoms with E-state index in [-0.39, 0.29) is 39.6 Å². The van der Waals surface area contributed by atoms with Crippen LogP contribution in [-0.2, 0) is 0 Å². The fraction of sp³-hybridized carbons (Fsp3) is 0.350. The number of halogens is 3. The van der Waals surface area contributed by atoms with Gasteiger partial charge in [-0.1, -0.05) is 35.3 Å². The van der Waals surface area contributed by atoms with Gasteiger partial charge in [0.25, 0.3) is 5.91 Å². The Balaban J connectivity index is 1.56. The molecule has 2 saturated heterocycles. The molecule has 1 amide bonds. The summed E-state index contributed by atoms with van der Waals surface area (Å²) in [6, 6.07) is 9.93. The summed E-state index contributed by atoms with van der Waals surface area (Å²) in [6.07, 6.45) is 3.67. The molecule has 4 rings (SSSR count). The Kier molecular flexibility index (Phi) is 4.57. The molecule has 0 spiro atoms. The highest BCUT2D eigenvalue weighted by molar-refractivity contribution is 6.37. The lowest BCUT2D eigenvalue weighted by Gasteiger charge is -2.39. The van der Waals surface area contributed by atoms with Crippen LogP contribution in [0.1, 0.15) is 47.5 Å². The van der Waals surface area contributed by atoms with Crippen LogP contribution in [0, 0.1) is 5.82 Å². The van der Waals surface area contributed by atoms with Crippen LogP contribution in [0.4, 0.5) is 4.39 Å². The van der Waals surface area contributed by atoms with Crippen molar-refractivity contribution < 1.29 is 14.3 Å². The first-order valence-electron chi connectivity index (χ1n) is 8.70. The summed E-state index contributed by atoms with van der Waals surface area (Å²) in [6.45, 7) is 0. The van der Waals surface area contributed by atoms with Gasteiger partial charge in [0, 0.05) is 17.6 Å². The summed E-state index contributed by atoms with van der Waals surface area (Å²) < 4.78 is 13.2. The van der Waals surface area contributed by atoms with Crippen LogP contribution >= 0.6 is 23.2 Å². The number of carbonyl (C=O) groups is 1. The Morgan fingerprint density at radius 3 is 2.12 bits per heavy atom. The van der Waals surface area contributed by atoms with Crippen molar-refractivity contribution in [2.45, 2.75) is 43.7 Å². The first kappa shape index (κ1) is 17.6. The van der Waals surface area contributed by atoms with Gasteiger partial charge in [-0.05, 0) is 61.4 Å². The molecule has 0 aliphatic carbocycles. The van der Waals surface area contributed by atoms with Gasteiger partial charge >= 0.3 is 0 Å². The van der Waals surface area contributed by atoms with E-state index in [1.54, 1.807) is 0 Å². The molecule has 2 fully saturated rings. The lowest BCUT2D eigenvalue weighted by atomic mass is 9.85. The van der Waals surface area contributed by atoms with Crippen LogP contribution in [-0.4, -0.2) is 28.0 Å². The van der Waals surface area contributed by atoms with Crippen molar-refractivity contribution in [2.24, 2.45) is 0 Å². The van der Waals surface area contributed by atoms with E-state index >= 15 is 0 Å². The highest BCUT2D eigenvalue weighted by atomic mass is 35.5. The summed E-state index contributed by atoms with van der Waals surface area (Å²) in [5.41, 5.74) is 1.53. The van der Waals surface area contributed by atoms with Crippen molar-refractivity contribution in [3.05, 3.63) is 63.4 Å². The van der Waals surface area contributed by atoms with Gasteiger partial charge < -0.3 is 10.0 Å². The Morgan fingerprint density at radius 2 is 1.58 bits per heavy atom. The summed E-state index contributed by atoms with van der Waals surface area (Å²) in [7, 11) is 0. The zero-order chi connectivity index (χ0) is 18.4. The molecule has 0 radical (unpaired) electrons. The number of hydrogen-bond donors (Lipinski definition) is 1. The normalized spacial score (nSPS) is 24.7. The van der Waals surface area contributed by atoms with Gasteiger partial charge in [0.15, 0.2) is 5.75 Å². The van der Waals surface area contributed by atoms with Gasteiger partial charge in [-0.25, -0.2) is 4.39 Å². The zero-order valence-electron chi connectivity index (χ0n) is 14.0. The number of phenols is 1. The first-order valence-corrected chi connectivity index (χ1v) is 9.45. The van der Waals surface area contributed by atoms with Crippen LogP contribution in [0.5, 0.6) is 5.75 Å². The number of fused-ring (bicyclic) bond motifs is 2. The minimum absolute atomic E-state index is 0.0781. The molecular weight excluding hydrogens is 376 g/mol. The Labute approximate surface area is 161 Å².